The van der Waals surface area contributed by atoms with E-state index in [9.17, 15) is 0 Å². The van der Waals surface area contributed by atoms with Crippen LogP contribution in [0, 0.1) is 0 Å². The molecule has 3 heteroatoms. The molecule has 11 aromatic rings. The van der Waals surface area contributed by atoms with Gasteiger partial charge in [0.2, 0.25) is 0 Å². The summed E-state index contributed by atoms with van der Waals surface area (Å²) in [5, 5.41) is 9.21. The Morgan fingerprint density at radius 3 is 1.64 bits per heavy atom. The topological polar surface area (TPSA) is 29.5 Å². The van der Waals surface area contributed by atoms with Gasteiger partial charge in [0.05, 0.1) is 5.69 Å². The number of benzene rings is 9. The number of anilines is 3. The monoisotopic (exact) mass is 677 g/mol. The second kappa shape index (κ2) is 11.7. The van der Waals surface area contributed by atoms with Gasteiger partial charge in [-0.15, -0.1) is 0 Å². The molecule has 0 aliphatic carbocycles. The summed E-state index contributed by atoms with van der Waals surface area (Å²) < 4.78 is 13.4. The van der Waals surface area contributed by atoms with Crippen molar-refractivity contribution >= 4 is 82.5 Å². The lowest BCUT2D eigenvalue weighted by Gasteiger charge is -2.26. The second-order valence-corrected chi connectivity index (χ2v) is 13.7. The van der Waals surface area contributed by atoms with Gasteiger partial charge in [-0.1, -0.05) is 133 Å². The Labute approximate surface area is 305 Å². The summed E-state index contributed by atoms with van der Waals surface area (Å²) in [7, 11) is 0. The van der Waals surface area contributed by atoms with E-state index in [0.29, 0.717) is 0 Å². The third-order valence-corrected chi connectivity index (χ3v) is 10.6. The van der Waals surface area contributed by atoms with Crippen molar-refractivity contribution in [2.75, 3.05) is 4.90 Å². The van der Waals surface area contributed by atoms with Crippen LogP contribution < -0.4 is 4.90 Å². The molecule has 11 rings (SSSR count). The van der Waals surface area contributed by atoms with Crippen LogP contribution in [-0.2, 0) is 0 Å². The lowest BCUT2D eigenvalue weighted by atomic mass is 9.95. The van der Waals surface area contributed by atoms with E-state index in [4.69, 9.17) is 8.83 Å². The van der Waals surface area contributed by atoms with Gasteiger partial charge in [0.25, 0.3) is 0 Å². The van der Waals surface area contributed by atoms with Gasteiger partial charge in [-0.25, -0.2) is 0 Å². The van der Waals surface area contributed by atoms with Crippen LogP contribution in [0.3, 0.4) is 0 Å². The highest BCUT2D eigenvalue weighted by Gasteiger charge is 2.24. The maximum absolute atomic E-state index is 7.13. The average Bonchev–Trinajstić information content (AvgIpc) is 3.81. The minimum Gasteiger partial charge on any atom is -0.456 e. The van der Waals surface area contributed by atoms with Crippen LogP contribution in [0.15, 0.2) is 197 Å². The van der Waals surface area contributed by atoms with Crippen molar-refractivity contribution in [2.45, 2.75) is 0 Å². The largest absolute Gasteiger partial charge is 0.456 e. The number of furan rings is 2. The molecule has 9 aromatic carbocycles. The Bertz CT molecular complexity index is 3160. The van der Waals surface area contributed by atoms with Crippen LogP contribution in [-0.4, -0.2) is 0 Å². The van der Waals surface area contributed by atoms with Gasteiger partial charge in [0.15, 0.2) is 5.58 Å². The fourth-order valence-electron chi connectivity index (χ4n) is 8.17. The summed E-state index contributed by atoms with van der Waals surface area (Å²) in [6, 6.07) is 66.6. The minimum atomic E-state index is 0.851. The Morgan fingerprint density at radius 1 is 0.302 bits per heavy atom. The maximum Gasteiger partial charge on any atom is 0.159 e. The van der Waals surface area contributed by atoms with Crippen LogP contribution in [0.25, 0.3) is 87.7 Å². The Hall–Kier alpha value is -7.10. The van der Waals surface area contributed by atoms with Gasteiger partial charge in [0.1, 0.15) is 16.7 Å². The highest BCUT2D eigenvalue weighted by Crippen LogP contribution is 2.48. The molecular weight excluding hydrogens is 647 g/mol. The lowest BCUT2D eigenvalue weighted by Crippen LogP contribution is -2.10. The molecule has 0 bridgehead atoms. The smallest absolute Gasteiger partial charge is 0.159 e. The summed E-state index contributed by atoms with van der Waals surface area (Å²) in [4.78, 5) is 2.33. The van der Waals surface area contributed by atoms with Crippen molar-refractivity contribution in [1.82, 2.24) is 0 Å². The third kappa shape index (κ3) is 4.68. The SMILES string of the molecule is c1ccc(-c2cc(N(c3ccccc3)c3ccc(-c4ccc5c(c4)oc4ccccc45)cc3)c3oc4c5ccccc5c5ccccc5c4c3c2)cc1. The number of hydrogen-bond acceptors (Lipinski definition) is 3. The third-order valence-electron chi connectivity index (χ3n) is 10.6. The number of rotatable bonds is 5. The molecule has 0 unspecified atom stereocenters. The van der Waals surface area contributed by atoms with Crippen molar-refractivity contribution in [3.05, 3.63) is 188 Å². The average molecular weight is 678 g/mol. The Kier molecular flexibility index (Phi) is 6.55. The van der Waals surface area contributed by atoms with E-state index in [1.54, 1.807) is 0 Å². The van der Waals surface area contributed by atoms with Crippen LogP contribution in [0.2, 0.25) is 0 Å². The normalized spacial score (nSPS) is 11.8. The molecule has 248 valence electrons. The molecule has 0 amide bonds. The molecule has 0 aliphatic heterocycles. The van der Waals surface area contributed by atoms with Crippen molar-refractivity contribution in [3.63, 3.8) is 0 Å². The van der Waals surface area contributed by atoms with E-state index >= 15 is 0 Å². The van der Waals surface area contributed by atoms with E-state index in [2.05, 4.69) is 181 Å². The fraction of sp³-hybridized carbons (Fsp3) is 0. The maximum atomic E-state index is 7.13. The van der Waals surface area contributed by atoms with Crippen LogP contribution in [0.4, 0.5) is 17.1 Å². The first-order chi connectivity index (χ1) is 26.3. The van der Waals surface area contributed by atoms with Gasteiger partial charge in [-0.3, -0.25) is 0 Å². The molecule has 2 aromatic heterocycles. The van der Waals surface area contributed by atoms with Gasteiger partial charge < -0.3 is 13.7 Å². The minimum absolute atomic E-state index is 0.851. The fourth-order valence-corrected chi connectivity index (χ4v) is 8.17. The van der Waals surface area contributed by atoms with Crippen LogP contribution >= 0.6 is 0 Å². The number of fused-ring (bicyclic) bond motifs is 11. The zero-order valence-electron chi connectivity index (χ0n) is 28.7. The molecule has 0 N–H and O–H groups in total. The molecule has 0 spiro atoms. The van der Waals surface area contributed by atoms with Gasteiger partial charge >= 0.3 is 0 Å². The Morgan fingerprint density at radius 2 is 0.868 bits per heavy atom. The van der Waals surface area contributed by atoms with E-state index in [1.807, 2.05) is 12.1 Å². The first-order valence-electron chi connectivity index (χ1n) is 18.0. The Balaban J connectivity index is 1.16. The second-order valence-electron chi connectivity index (χ2n) is 13.7. The molecule has 2 heterocycles. The van der Waals surface area contributed by atoms with E-state index < -0.39 is 0 Å². The molecule has 0 saturated heterocycles. The van der Waals surface area contributed by atoms with Crippen molar-refractivity contribution < 1.29 is 8.83 Å². The molecule has 3 nitrogen and oxygen atoms in total. The first-order valence-corrected chi connectivity index (χ1v) is 18.0. The standard InChI is InChI=1S/C50H31NO2/c1-3-13-32(14-4-1)35-29-44-48-42-20-9-7-17-38(42)39-18-8-10-21-43(39)50(48)53-49(44)45(30-35)51(36-15-5-2-6-16-36)37-26-23-33(24-27-37)34-25-28-41-40-19-11-12-22-46(40)52-47(41)31-34/h1-31H. The quantitative estimate of drug-likeness (QED) is 0.170. The number of para-hydroxylation sites is 2. The highest BCUT2D eigenvalue weighted by atomic mass is 16.3. The van der Waals surface area contributed by atoms with Crippen LogP contribution in [0.5, 0.6) is 0 Å². The molecular formula is C50H31NO2. The summed E-state index contributed by atoms with van der Waals surface area (Å²) in [5.41, 5.74) is 11.1. The number of hydrogen-bond donors (Lipinski definition) is 0. The summed E-state index contributed by atoms with van der Waals surface area (Å²) in [6.45, 7) is 0. The first kappa shape index (κ1) is 29.6. The predicted octanol–water partition coefficient (Wildman–Crippen LogP) is 14.6. The molecule has 0 radical (unpaired) electrons. The van der Waals surface area contributed by atoms with E-state index in [0.717, 1.165) is 88.6 Å². The van der Waals surface area contributed by atoms with Crippen molar-refractivity contribution in [3.8, 4) is 22.3 Å². The van der Waals surface area contributed by atoms with Crippen LogP contribution in [0.1, 0.15) is 0 Å². The van der Waals surface area contributed by atoms with E-state index in [-0.39, 0.29) is 0 Å². The zero-order valence-corrected chi connectivity index (χ0v) is 28.7. The van der Waals surface area contributed by atoms with Gasteiger partial charge in [-0.05, 0) is 93.0 Å². The zero-order chi connectivity index (χ0) is 34.9. The summed E-state index contributed by atoms with van der Waals surface area (Å²) >= 11 is 0. The summed E-state index contributed by atoms with van der Waals surface area (Å²) in [6.07, 6.45) is 0. The lowest BCUT2D eigenvalue weighted by molar-refractivity contribution is 0.669. The molecule has 0 atom stereocenters. The predicted molar refractivity (Wildman–Crippen MR) is 222 cm³/mol. The molecule has 53 heavy (non-hydrogen) atoms. The highest BCUT2D eigenvalue weighted by molar-refractivity contribution is 6.31. The van der Waals surface area contributed by atoms with Crippen molar-refractivity contribution in [2.24, 2.45) is 0 Å². The number of nitrogens with zero attached hydrogens (tertiary/aromatic N) is 1. The van der Waals surface area contributed by atoms with Crippen molar-refractivity contribution in [1.29, 1.82) is 0 Å². The van der Waals surface area contributed by atoms with E-state index in [1.165, 1.54) is 16.2 Å². The molecule has 0 aliphatic rings. The molecule has 0 fully saturated rings. The van der Waals surface area contributed by atoms with Gasteiger partial charge in [-0.2, -0.15) is 0 Å². The summed E-state index contributed by atoms with van der Waals surface area (Å²) in [5.74, 6) is 0. The van der Waals surface area contributed by atoms with Gasteiger partial charge in [0, 0.05) is 38.3 Å². The molecule has 0 saturated carbocycles.